The molecule has 1 aliphatic heterocycles. The topological polar surface area (TPSA) is 91.7 Å². The van der Waals surface area contributed by atoms with Crippen molar-refractivity contribution in [3.05, 3.63) is 52.9 Å². The number of halogens is 1. The van der Waals surface area contributed by atoms with Gasteiger partial charge in [0.25, 0.3) is 5.91 Å². The fourth-order valence-corrected chi connectivity index (χ4v) is 5.40. The fraction of sp³-hybridized carbons (Fsp3) is 0.450. The molecule has 1 aromatic carbocycles. The van der Waals surface area contributed by atoms with Crippen molar-refractivity contribution in [2.45, 2.75) is 42.7 Å². The number of carbonyl (C=O) groups is 1. The van der Waals surface area contributed by atoms with E-state index in [1.165, 1.54) is 18.2 Å². The third-order valence-corrected chi connectivity index (χ3v) is 7.29. The Kier molecular flexibility index (Phi) is 5.96. The van der Waals surface area contributed by atoms with Crippen molar-refractivity contribution in [1.82, 2.24) is 14.9 Å². The van der Waals surface area contributed by atoms with Crippen LogP contribution in [0.3, 0.4) is 0 Å². The first-order valence-electron chi connectivity index (χ1n) is 9.81. The third-order valence-electron chi connectivity index (χ3n) is 5.29. The van der Waals surface area contributed by atoms with Crippen LogP contribution in [0.2, 0.25) is 5.02 Å². The summed E-state index contributed by atoms with van der Waals surface area (Å²) in [6, 6.07) is 7.97. The largest absolute Gasteiger partial charge is 0.468 e. The molecule has 2 N–H and O–H groups in total. The average Bonchev–Trinajstić information content (AvgIpc) is 3.15. The molecule has 1 amide bonds. The van der Waals surface area contributed by atoms with Gasteiger partial charge in [-0.15, -0.1) is 0 Å². The van der Waals surface area contributed by atoms with E-state index in [-0.39, 0.29) is 33.5 Å². The number of amides is 1. The fourth-order valence-electron chi connectivity index (χ4n) is 3.57. The molecule has 2 aromatic rings. The number of hydrogen-bond donors (Lipinski definition) is 2. The number of likely N-dealkylation sites (tertiary alicyclic amines) is 1. The Hall–Kier alpha value is -1.87. The van der Waals surface area contributed by atoms with Gasteiger partial charge in [-0.05, 0) is 69.1 Å². The van der Waals surface area contributed by atoms with Crippen LogP contribution >= 0.6 is 11.6 Å². The summed E-state index contributed by atoms with van der Waals surface area (Å²) in [5, 5.41) is 3.01. The van der Waals surface area contributed by atoms with Gasteiger partial charge >= 0.3 is 0 Å². The van der Waals surface area contributed by atoms with Crippen LogP contribution < -0.4 is 10.0 Å². The SMILES string of the molecule is O=C(NC[C@@H](c1ccco1)N1CCCC1)c1ccc(Cl)c(S(=O)(=O)NC2CC2)c1. The highest BCUT2D eigenvalue weighted by atomic mass is 35.5. The van der Waals surface area contributed by atoms with Gasteiger partial charge < -0.3 is 9.73 Å². The maximum atomic E-state index is 12.7. The van der Waals surface area contributed by atoms with Gasteiger partial charge in [0.2, 0.25) is 10.0 Å². The van der Waals surface area contributed by atoms with E-state index in [1.54, 1.807) is 6.26 Å². The van der Waals surface area contributed by atoms with E-state index in [9.17, 15) is 13.2 Å². The van der Waals surface area contributed by atoms with Crippen LogP contribution in [0.1, 0.15) is 47.8 Å². The lowest BCUT2D eigenvalue weighted by Gasteiger charge is -2.26. The van der Waals surface area contributed by atoms with E-state index >= 15 is 0 Å². The molecule has 2 aliphatic rings. The van der Waals surface area contributed by atoms with Crippen molar-refractivity contribution in [2.75, 3.05) is 19.6 Å². The Morgan fingerprint density at radius 3 is 2.66 bits per heavy atom. The minimum atomic E-state index is -3.75. The van der Waals surface area contributed by atoms with Crippen molar-refractivity contribution in [3.8, 4) is 0 Å². The monoisotopic (exact) mass is 437 g/mol. The molecule has 4 rings (SSSR count). The molecular formula is C20H24ClN3O4S. The van der Waals surface area contributed by atoms with Gasteiger partial charge in [-0.1, -0.05) is 11.6 Å². The van der Waals surface area contributed by atoms with Crippen LogP contribution in [-0.2, 0) is 10.0 Å². The van der Waals surface area contributed by atoms with Crippen molar-refractivity contribution in [3.63, 3.8) is 0 Å². The molecule has 0 bridgehead atoms. The van der Waals surface area contributed by atoms with Crippen molar-refractivity contribution >= 4 is 27.5 Å². The van der Waals surface area contributed by atoms with Gasteiger partial charge in [0.05, 0.1) is 17.3 Å². The van der Waals surface area contributed by atoms with E-state index in [2.05, 4.69) is 14.9 Å². The van der Waals surface area contributed by atoms with Gasteiger partial charge in [0.1, 0.15) is 10.7 Å². The van der Waals surface area contributed by atoms with Crippen LogP contribution in [0.4, 0.5) is 0 Å². The molecule has 1 saturated carbocycles. The minimum absolute atomic E-state index is 0.0388. The lowest BCUT2D eigenvalue weighted by Crippen LogP contribution is -2.36. The van der Waals surface area contributed by atoms with E-state index < -0.39 is 10.0 Å². The quantitative estimate of drug-likeness (QED) is 0.662. The Bertz CT molecular complexity index is 968. The predicted molar refractivity (Wildman–Crippen MR) is 109 cm³/mol. The highest BCUT2D eigenvalue weighted by Crippen LogP contribution is 2.28. The number of hydrogen-bond acceptors (Lipinski definition) is 5. The summed E-state index contributed by atoms with van der Waals surface area (Å²) in [4.78, 5) is 15.0. The number of carbonyl (C=O) groups excluding carboxylic acids is 1. The molecule has 0 radical (unpaired) electrons. The first kappa shape index (κ1) is 20.4. The summed E-state index contributed by atoms with van der Waals surface area (Å²) in [7, 11) is -3.75. The Labute approximate surface area is 175 Å². The smallest absolute Gasteiger partial charge is 0.251 e. The molecule has 2 fully saturated rings. The molecule has 1 aliphatic carbocycles. The number of nitrogens with zero attached hydrogens (tertiary/aromatic N) is 1. The first-order valence-corrected chi connectivity index (χ1v) is 11.7. The molecule has 9 heteroatoms. The van der Waals surface area contributed by atoms with Crippen LogP contribution in [-0.4, -0.2) is 44.9 Å². The van der Waals surface area contributed by atoms with Crippen molar-refractivity contribution in [2.24, 2.45) is 0 Å². The summed E-state index contributed by atoms with van der Waals surface area (Å²) in [5.74, 6) is 0.459. The molecule has 0 spiro atoms. The second-order valence-corrected chi connectivity index (χ2v) is 9.61. The first-order chi connectivity index (χ1) is 13.9. The van der Waals surface area contributed by atoms with E-state index in [0.29, 0.717) is 6.54 Å². The van der Waals surface area contributed by atoms with Gasteiger partial charge in [-0.2, -0.15) is 0 Å². The zero-order chi connectivity index (χ0) is 20.4. The van der Waals surface area contributed by atoms with E-state index in [1.807, 2.05) is 12.1 Å². The molecule has 1 saturated heterocycles. The highest BCUT2D eigenvalue weighted by Gasteiger charge is 2.30. The van der Waals surface area contributed by atoms with Crippen LogP contribution in [0.25, 0.3) is 0 Å². The predicted octanol–water partition coefficient (Wildman–Crippen LogP) is 2.94. The van der Waals surface area contributed by atoms with Gasteiger partial charge in [0.15, 0.2) is 0 Å². The number of rotatable bonds is 8. The third kappa shape index (κ3) is 4.83. The molecule has 156 valence electrons. The highest BCUT2D eigenvalue weighted by molar-refractivity contribution is 7.89. The van der Waals surface area contributed by atoms with Crippen molar-refractivity contribution in [1.29, 1.82) is 0 Å². The molecule has 2 heterocycles. The summed E-state index contributed by atoms with van der Waals surface area (Å²) in [5.41, 5.74) is 0.255. The van der Waals surface area contributed by atoms with E-state index in [4.69, 9.17) is 16.0 Å². The number of benzene rings is 1. The second-order valence-electron chi connectivity index (χ2n) is 7.53. The van der Waals surface area contributed by atoms with Crippen LogP contribution in [0.15, 0.2) is 45.9 Å². The lowest BCUT2D eigenvalue weighted by atomic mass is 10.1. The summed E-state index contributed by atoms with van der Waals surface area (Å²) in [6.07, 6.45) is 5.52. The van der Waals surface area contributed by atoms with Gasteiger partial charge in [-0.25, -0.2) is 13.1 Å². The summed E-state index contributed by atoms with van der Waals surface area (Å²) in [6.45, 7) is 2.28. The zero-order valence-corrected chi connectivity index (χ0v) is 17.5. The van der Waals surface area contributed by atoms with Crippen LogP contribution in [0, 0.1) is 0 Å². The molecule has 0 unspecified atom stereocenters. The lowest BCUT2D eigenvalue weighted by molar-refractivity contribution is 0.0933. The van der Waals surface area contributed by atoms with E-state index in [0.717, 1.165) is 44.5 Å². The van der Waals surface area contributed by atoms with Gasteiger partial charge in [-0.3, -0.25) is 9.69 Å². The maximum absolute atomic E-state index is 12.7. The molecule has 1 atom stereocenters. The maximum Gasteiger partial charge on any atom is 0.251 e. The summed E-state index contributed by atoms with van der Waals surface area (Å²) >= 11 is 6.10. The van der Waals surface area contributed by atoms with Crippen LogP contribution in [0.5, 0.6) is 0 Å². The average molecular weight is 438 g/mol. The second kappa shape index (κ2) is 8.47. The number of sulfonamides is 1. The molecular weight excluding hydrogens is 414 g/mol. The Morgan fingerprint density at radius 2 is 2.00 bits per heavy atom. The minimum Gasteiger partial charge on any atom is -0.468 e. The number of furan rings is 1. The number of nitrogens with one attached hydrogen (secondary N) is 2. The normalized spacial score (nSPS) is 18.7. The Morgan fingerprint density at radius 1 is 1.24 bits per heavy atom. The Balaban J connectivity index is 1.48. The molecule has 1 aromatic heterocycles. The van der Waals surface area contributed by atoms with Gasteiger partial charge in [0, 0.05) is 18.2 Å². The standard InChI is InChI=1S/C20H24ClN3O4S/c21-16-8-5-14(12-19(16)29(26,27)23-15-6-7-15)20(25)22-13-17(18-4-3-11-28-18)24-9-1-2-10-24/h3-5,8,11-12,15,17,23H,1-2,6-7,9-10,13H2,(H,22,25)/t17-/m0/s1. The van der Waals surface area contributed by atoms with Crippen molar-refractivity contribution < 1.29 is 17.6 Å². The molecule has 29 heavy (non-hydrogen) atoms. The zero-order valence-electron chi connectivity index (χ0n) is 15.9. The summed E-state index contributed by atoms with van der Waals surface area (Å²) < 4.78 is 33.2. The molecule has 7 nitrogen and oxygen atoms in total.